The lowest BCUT2D eigenvalue weighted by Crippen LogP contribution is -3.29. The van der Waals surface area contributed by atoms with Gasteiger partial charge in [-0.1, -0.05) is 13.3 Å². The molecule has 0 amide bonds. The van der Waals surface area contributed by atoms with Crippen LogP contribution in [0.2, 0.25) is 0 Å². The first-order chi connectivity index (χ1) is 12.1. The van der Waals surface area contributed by atoms with Gasteiger partial charge >= 0.3 is 0 Å². The normalized spacial score (nSPS) is 30.0. The van der Waals surface area contributed by atoms with Crippen molar-refractivity contribution in [1.29, 1.82) is 0 Å². The molecule has 0 aromatic heterocycles. The minimum atomic E-state index is 0.0874. The molecule has 1 heterocycles. The number of piperazine rings is 1. The number of ether oxygens (including phenoxy) is 2. The van der Waals surface area contributed by atoms with E-state index >= 15 is 0 Å². The van der Waals surface area contributed by atoms with Gasteiger partial charge in [0.15, 0.2) is 11.5 Å². The summed E-state index contributed by atoms with van der Waals surface area (Å²) in [4.78, 5) is 3.44. The summed E-state index contributed by atoms with van der Waals surface area (Å²) in [7, 11) is 3.16. The Morgan fingerprint density at radius 1 is 1.04 bits per heavy atom. The summed E-state index contributed by atoms with van der Waals surface area (Å²) >= 11 is 0. The molecule has 25 heavy (non-hydrogen) atoms. The maximum absolute atomic E-state index is 10.1. The van der Waals surface area contributed by atoms with Crippen molar-refractivity contribution in [2.75, 3.05) is 40.4 Å². The van der Waals surface area contributed by atoms with Gasteiger partial charge in [0.05, 0.1) is 20.3 Å². The largest absolute Gasteiger partial charge is 0.502 e. The molecule has 1 aromatic carbocycles. The second-order valence-electron chi connectivity index (χ2n) is 7.90. The molecule has 5 nitrogen and oxygen atoms in total. The van der Waals surface area contributed by atoms with Gasteiger partial charge in [-0.05, 0) is 30.9 Å². The Morgan fingerprint density at radius 3 is 2.24 bits per heavy atom. The third kappa shape index (κ3) is 4.39. The van der Waals surface area contributed by atoms with Crippen LogP contribution in [0.1, 0.15) is 38.2 Å². The summed E-state index contributed by atoms with van der Waals surface area (Å²) < 4.78 is 10.6. The quantitative estimate of drug-likeness (QED) is 0.715. The van der Waals surface area contributed by atoms with Crippen LogP contribution >= 0.6 is 0 Å². The van der Waals surface area contributed by atoms with Gasteiger partial charge in [-0.15, -0.1) is 0 Å². The lowest BCUT2D eigenvalue weighted by Gasteiger charge is -2.37. The topological polar surface area (TPSA) is 47.6 Å². The number of nitrogens with one attached hydrogen (secondary N) is 2. The van der Waals surface area contributed by atoms with Gasteiger partial charge in [-0.25, -0.2) is 0 Å². The minimum absolute atomic E-state index is 0.0874. The van der Waals surface area contributed by atoms with E-state index in [1.54, 1.807) is 19.1 Å². The zero-order valence-corrected chi connectivity index (χ0v) is 15.9. The number of phenols is 1. The Kier molecular flexibility index (Phi) is 6.07. The molecule has 2 atom stereocenters. The highest BCUT2D eigenvalue weighted by atomic mass is 16.5. The van der Waals surface area contributed by atoms with Crippen LogP contribution in [0.15, 0.2) is 12.1 Å². The second-order valence-corrected chi connectivity index (χ2v) is 7.90. The zero-order chi connectivity index (χ0) is 17.8. The Balaban J connectivity index is 1.57. The van der Waals surface area contributed by atoms with Crippen molar-refractivity contribution in [1.82, 2.24) is 0 Å². The van der Waals surface area contributed by atoms with Gasteiger partial charge in [0, 0.05) is 12.0 Å². The van der Waals surface area contributed by atoms with Crippen LogP contribution in [-0.2, 0) is 6.54 Å². The maximum Gasteiger partial charge on any atom is 0.200 e. The average molecular weight is 351 g/mol. The molecule has 3 N–H and O–H groups in total. The smallest absolute Gasteiger partial charge is 0.200 e. The third-order valence-corrected chi connectivity index (χ3v) is 6.11. The van der Waals surface area contributed by atoms with Crippen LogP contribution in [0.4, 0.5) is 0 Å². The fourth-order valence-electron chi connectivity index (χ4n) is 4.65. The van der Waals surface area contributed by atoms with E-state index in [2.05, 4.69) is 6.92 Å². The summed E-state index contributed by atoms with van der Waals surface area (Å²) in [5.74, 6) is 1.99. The number of rotatable bonds is 5. The van der Waals surface area contributed by atoms with Crippen molar-refractivity contribution in [2.45, 2.75) is 45.2 Å². The van der Waals surface area contributed by atoms with Crippen molar-refractivity contribution in [3.05, 3.63) is 17.7 Å². The summed E-state index contributed by atoms with van der Waals surface area (Å²) in [6.45, 7) is 8.36. The number of quaternary nitrogens is 2. The molecule has 0 bridgehead atoms. The zero-order valence-electron chi connectivity index (χ0n) is 15.9. The molecule has 1 aliphatic carbocycles. The van der Waals surface area contributed by atoms with Gasteiger partial charge in [0.25, 0.3) is 0 Å². The van der Waals surface area contributed by atoms with E-state index in [1.165, 1.54) is 51.9 Å². The molecule has 0 spiro atoms. The summed E-state index contributed by atoms with van der Waals surface area (Å²) in [5.41, 5.74) is 1.16. The number of methoxy groups -OCH3 is 2. The molecule has 1 saturated heterocycles. The van der Waals surface area contributed by atoms with E-state index < -0.39 is 0 Å². The second kappa shape index (κ2) is 8.28. The maximum atomic E-state index is 10.1. The lowest BCUT2D eigenvalue weighted by atomic mass is 9.86. The van der Waals surface area contributed by atoms with Crippen LogP contribution in [0.25, 0.3) is 0 Å². The van der Waals surface area contributed by atoms with Crippen molar-refractivity contribution in [3.8, 4) is 17.2 Å². The molecule has 1 aromatic rings. The molecule has 2 unspecified atom stereocenters. The van der Waals surface area contributed by atoms with Crippen LogP contribution in [0.5, 0.6) is 17.2 Å². The predicted molar refractivity (Wildman–Crippen MR) is 97.7 cm³/mol. The highest BCUT2D eigenvalue weighted by Gasteiger charge is 2.32. The minimum Gasteiger partial charge on any atom is -0.502 e. The van der Waals surface area contributed by atoms with Crippen molar-refractivity contribution < 1.29 is 24.4 Å². The average Bonchev–Trinajstić information content (AvgIpc) is 2.63. The van der Waals surface area contributed by atoms with E-state index in [-0.39, 0.29) is 5.75 Å². The summed E-state index contributed by atoms with van der Waals surface area (Å²) in [5, 5.41) is 10.1. The number of aromatic hydroxyl groups is 1. The first-order valence-corrected chi connectivity index (χ1v) is 9.72. The fourth-order valence-corrected chi connectivity index (χ4v) is 4.65. The van der Waals surface area contributed by atoms with Gasteiger partial charge < -0.3 is 24.4 Å². The monoisotopic (exact) mass is 350 g/mol. The SMILES string of the molecule is COc1cc(C[NH+]2CC[NH+](C3CCCC(C)C3)CC2)cc(OC)c1O. The molecule has 1 aliphatic heterocycles. The molecule has 0 radical (unpaired) electrons. The van der Waals surface area contributed by atoms with Gasteiger partial charge in [0.2, 0.25) is 5.75 Å². The van der Waals surface area contributed by atoms with E-state index in [0.29, 0.717) is 11.5 Å². The highest BCUT2D eigenvalue weighted by Crippen LogP contribution is 2.36. The number of phenolic OH excluding ortho intramolecular Hbond substituents is 1. The van der Waals surface area contributed by atoms with Crippen LogP contribution in [0.3, 0.4) is 0 Å². The highest BCUT2D eigenvalue weighted by molar-refractivity contribution is 5.52. The molecular weight excluding hydrogens is 316 g/mol. The molecule has 5 heteroatoms. The van der Waals surface area contributed by atoms with Crippen molar-refractivity contribution in [3.63, 3.8) is 0 Å². The Labute approximate surface area is 151 Å². The first kappa shape index (κ1) is 18.3. The standard InChI is InChI=1S/C20H32N2O3/c1-15-5-4-6-17(11-15)22-9-7-21(8-10-22)14-16-12-18(24-2)20(23)19(13-16)25-3/h12-13,15,17,23H,4-11,14H2,1-3H3/p+2. The summed E-state index contributed by atoms with van der Waals surface area (Å²) in [6, 6.07) is 4.76. The number of benzene rings is 1. The molecule has 140 valence electrons. The fraction of sp³-hybridized carbons (Fsp3) is 0.700. The molecule has 3 rings (SSSR count). The lowest BCUT2D eigenvalue weighted by molar-refractivity contribution is -1.03. The summed E-state index contributed by atoms with van der Waals surface area (Å²) in [6.07, 6.45) is 5.67. The molecular formula is C20H34N2O3+2. The molecule has 1 saturated carbocycles. The van der Waals surface area contributed by atoms with E-state index in [1.807, 2.05) is 17.0 Å². The Bertz CT molecular complexity index is 545. The van der Waals surface area contributed by atoms with Gasteiger partial charge in [-0.2, -0.15) is 0 Å². The Hall–Kier alpha value is -1.46. The van der Waals surface area contributed by atoms with E-state index in [9.17, 15) is 5.11 Å². The van der Waals surface area contributed by atoms with Crippen LogP contribution in [0, 0.1) is 5.92 Å². The van der Waals surface area contributed by atoms with Gasteiger partial charge in [-0.3, -0.25) is 0 Å². The van der Waals surface area contributed by atoms with Gasteiger partial charge in [0.1, 0.15) is 32.7 Å². The van der Waals surface area contributed by atoms with E-state index in [4.69, 9.17) is 9.47 Å². The predicted octanol–water partition coefficient (Wildman–Crippen LogP) is 0.272. The number of hydrogen-bond donors (Lipinski definition) is 3. The number of hydrogen-bond acceptors (Lipinski definition) is 3. The molecule has 2 aliphatic rings. The van der Waals surface area contributed by atoms with Crippen molar-refractivity contribution in [2.24, 2.45) is 5.92 Å². The Morgan fingerprint density at radius 2 is 1.68 bits per heavy atom. The van der Waals surface area contributed by atoms with E-state index in [0.717, 1.165) is 24.1 Å². The van der Waals surface area contributed by atoms with Crippen LogP contribution in [-0.4, -0.2) is 51.5 Å². The molecule has 2 fully saturated rings. The van der Waals surface area contributed by atoms with Crippen molar-refractivity contribution >= 4 is 0 Å². The first-order valence-electron chi connectivity index (χ1n) is 9.72. The third-order valence-electron chi connectivity index (χ3n) is 6.11. The van der Waals surface area contributed by atoms with Crippen LogP contribution < -0.4 is 19.3 Å².